The second-order valence-electron chi connectivity index (χ2n) is 5.16. The van der Waals surface area contributed by atoms with E-state index in [0.29, 0.717) is 11.3 Å². The third-order valence-corrected chi connectivity index (χ3v) is 4.00. The molecule has 0 radical (unpaired) electrons. The average Bonchev–Trinajstić information content (AvgIpc) is 2.17. The molecule has 1 N–H and O–H groups in total. The van der Waals surface area contributed by atoms with Gasteiger partial charge in [0.15, 0.2) is 0 Å². The highest BCUT2D eigenvalue weighted by molar-refractivity contribution is 4.95. The minimum Gasteiger partial charge on any atom is -0.392 e. The highest BCUT2D eigenvalue weighted by Crippen LogP contribution is 2.41. The van der Waals surface area contributed by atoms with Crippen LogP contribution in [0.15, 0.2) is 0 Å². The minimum atomic E-state index is -0.399. The molecule has 0 aromatic rings. The number of aliphatic hydroxyl groups excluding tert-OH is 1. The van der Waals surface area contributed by atoms with Crippen molar-refractivity contribution in [1.29, 1.82) is 5.26 Å². The first-order chi connectivity index (χ1) is 6.51. The normalized spacial score (nSPS) is 33.8. The second kappa shape index (κ2) is 4.31. The first-order valence-corrected chi connectivity index (χ1v) is 5.59. The predicted molar refractivity (Wildman–Crippen MR) is 56.5 cm³/mol. The summed E-state index contributed by atoms with van der Waals surface area (Å²) in [5, 5.41) is 18.6. The fourth-order valence-electron chi connectivity index (χ4n) is 2.30. The molecule has 0 aromatic carbocycles. The van der Waals surface area contributed by atoms with Crippen molar-refractivity contribution in [2.45, 2.75) is 52.6 Å². The fourth-order valence-corrected chi connectivity index (χ4v) is 2.30. The van der Waals surface area contributed by atoms with Gasteiger partial charge in [0.25, 0.3) is 0 Å². The van der Waals surface area contributed by atoms with Crippen LogP contribution in [0.3, 0.4) is 0 Å². The van der Waals surface area contributed by atoms with E-state index in [1.165, 1.54) is 0 Å². The molecule has 0 bridgehead atoms. The maximum atomic E-state index is 9.78. The van der Waals surface area contributed by atoms with Gasteiger partial charge >= 0.3 is 0 Å². The van der Waals surface area contributed by atoms with Crippen LogP contribution < -0.4 is 0 Å². The van der Waals surface area contributed by atoms with E-state index in [0.717, 1.165) is 25.7 Å². The molecule has 0 spiro atoms. The topological polar surface area (TPSA) is 44.0 Å². The third kappa shape index (κ3) is 2.27. The quantitative estimate of drug-likeness (QED) is 0.736. The number of hydrogen-bond acceptors (Lipinski definition) is 2. The summed E-state index contributed by atoms with van der Waals surface area (Å²) in [6.45, 7) is 6.72. The van der Waals surface area contributed by atoms with Crippen molar-refractivity contribution in [2.24, 2.45) is 17.3 Å². The molecule has 14 heavy (non-hydrogen) atoms. The summed E-state index contributed by atoms with van der Waals surface area (Å²) in [4.78, 5) is 0. The van der Waals surface area contributed by atoms with E-state index in [1.54, 1.807) is 0 Å². The molecule has 3 atom stereocenters. The molecule has 3 unspecified atom stereocenters. The maximum Gasteiger partial charge on any atom is 0.0722 e. The summed E-state index contributed by atoms with van der Waals surface area (Å²) in [6, 6.07) is 2.19. The summed E-state index contributed by atoms with van der Waals surface area (Å²) in [7, 11) is 0. The Kier molecular flexibility index (Phi) is 3.55. The van der Waals surface area contributed by atoms with Crippen LogP contribution in [-0.2, 0) is 0 Å². The third-order valence-electron chi connectivity index (χ3n) is 4.00. The fraction of sp³-hybridized carbons (Fsp3) is 0.917. The molecule has 0 amide bonds. The molecule has 1 aliphatic rings. The summed E-state index contributed by atoms with van der Waals surface area (Å²) in [6.07, 6.45) is 3.51. The molecule has 2 nitrogen and oxygen atoms in total. The highest BCUT2D eigenvalue weighted by atomic mass is 16.3. The van der Waals surface area contributed by atoms with Gasteiger partial charge in [-0.2, -0.15) is 5.26 Å². The van der Waals surface area contributed by atoms with Crippen LogP contribution in [-0.4, -0.2) is 11.2 Å². The van der Waals surface area contributed by atoms with Crippen LogP contribution in [0.1, 0.15) is 46.5 Å². The van der Waals surface area contributed by atoms with Crippen molar-refractivity contribution in [3.63, 3.8) is 0 Å². The Morgan fingerprint density at radius 2 is 2.07 bits per heavy atom. The number of rotatable bonds is 2. The van der Waals surface area contributed by atoms with Gasteiger partial charge in [-0.3, -0.25) is 0 Å². The average molecular weight is 195 g/mol. The van der Waals surface area contributed by atoms with Gasteiger partial charge < -0.3 is 5.11 Å². The summed E-state index contributed by atoms with van der Waals surface area (Å²) in [5.41, 5.74) is 0.307. The van der Waals surface area contributed by atoms with E-state index >= 15 is 0 Å². The molecular weight excluding hydrogens is 174 g/mol. The lowest BCUT2D eigenvalue weighted by Gasteiger charge is -2.39. The van der Waals surface area contributed by atoms with Crippen molar-refractivity contribution in [3.05, 3.63) is 0 Å². The van der Waals surface area contributed by atoms with Gasteiger partial charge in [0.05, 0.1) is 18.1 Å². The van der Waals surface area contributed by atoms with Crippen LogP contribution in [0.4, 0.5) is 0 Å². The smallest absolute Gasteiger partial charge is 0.0722 e. The van der Waals surface area contributed by atoms with Crippen molar-refractivity contribution < 1.29 is 5.11 Å². The number of aliphatic hydroxyl groups is 1. The lowest BCUT2D eigenvalue weighted by molar-refractivity contribution is 0.0257. The molecule has 2 heteroatoms. The molecule has 0 heterocycles. The predicted octanol–water partition coefficient (Wildman–Crippen LogP) is 2.72. The molecule has 0 aromatic heterocycles. The minimum absolute atomic E-state index is 0.126. The van der Waals surface area contributed by atoms with Crippen LogP contribution in [0, 0.1) is 28.6 Å². The van der Waals surface area contributed by atoms with Crippen LogP contribution in [0.5, 0.6) is 0 Å². The van der Waals surface area contributed by atoms with Crippen molar-refractivity contribution >= 4 is 0 Å². The van der Waals surface area contributed by atoms with Gasteiger partial charge in [-0.15, -0.1) is 0 Å². The van der Waals surface area contributed by atoms with E-state index in [4.69, 9.17) is 5.26 Å². The van der Waals surface area contributed by atoms with E-state index < -0.39 is 6.10 Å². The highest BCUT2D eigenvalue weighted by Gasteiger charge is 2.36. The van der Waals surface area contributed by atoms with E-state index in [9.17, 15) is 5.11 Å². The van der Waals surface area contributed by atoms with Gasteiger partial charge in [0.1, 0.15) is 0 Å². The van der Waals surface area contributed by atoms with Crippen molar-refractivity contribution in [3.8, 4) is 6.07 Å². The van der Waals surface area contributed by atoms with Crippen LogP contribution >= 0.6 is 0 Å². The zero-order valence-corrected chi connectivity index (χ0v) is 9.45. The van der Waals surface area contributed by atoms with Crippen molar-refractivity contribution in [2.75, 3.05) is 0 Å². The zero-order valence-electron chi connectivity index (χ0n) is 9.45. The molecule has 80 valence electrons. The van der Waals surface area contributed by atoms with Gasteiger partial charge in [0.2, 0.25) is 0 Å². The largest absolute Gasteiger partial charge is 0.392 e. The van der Waals surface area contributed by atoms with Gasteiger partial charge in [0, 0.05) is 0 Å². The van der Waals surface area contributed by atoms with E-state index in [1.807, 2.05) is 0 Å². The molecule has 1 aliphatic carbocycles. The standard InChI is InChI=1S/C12H21NO/c1-4-12(2,3)10-6-5-9(8-13)11(14)7-10/h9-11,14H,4-7H2,1-3H3. The van der Waals surface area contributed by atoms with Crippen LogP contribution in [0.25, 0.3) is 0 Å². The van der Waals surface area contributed by atoms with Crippen molar-refractivity contribution in [1.82, 2.24) is 0 Å². The monoisotopic (exact) mass is 195 g/mol. The summed E-state index contributed by atoms with van der Waals surface area (Å²) >= 11 is 0. The molecular formula is C12H21NO. The van der Waals surface area contributed by atoms with E-state index in [-0.39, 0.29) is 5.92 Å². The molecule has 0 saturated heterocycles. The first kappa shape index (κ1) is 11.5. The first-order valence-electron chi connectivity index (χ1n) is 5.59. The molecule has 1 rings (SSSR count). The number of nitriles is 1. The lowest BCUT2D eigenvalue weighted by atomic mass is 9.67. The lowest BCUT2D eigenvalue weighted by Crippen LogP contribution is -2.35. The molecule has 0 aliphatic heterocycles. The van der Waals surface area contributed by atoms with Crippen LogP contribution in [0.2, 0.25) is 0 Å². The maximum absolute atomic E-state index is 9.78. The Morgan fingerprint density at radius 1 is 1.43 bits per heavy atom. The number of nitrogens with zero attached hydrogens (tertiary/aromatic N) is 1. The van der Waals surface area contributed by atoms with E-state index in [2.05, 4.69) is 26.8 Å². The second-order valence-corrected chi connectivity index (χ2v) is 5.16. The SMILES string of the molecule is CCC(C)(C)C1CCC(C#N)C(O)C1. The molecule has 1 saturated carbocycles. The van der Waals surface area contributed by atoms with Gasteiger partial charge in [-0.1, -0.05) is 27.2 Å². The zero-order chi connectivity index (χ0) is 10.8. The Morgan fingerprint density at radius 3 is 2.50 bits per heavy atom. The van der Waals surface area contributed by atoms with Gasteiger partial charge in [-0.05, 0) is 30.6 Å². The Bertz CT molecular complexity index is 229. The summed E-state index contributed by atoms with van der Waals surface area (Å²) in [5.74, 6) is 0.450. The summed E-state index contributed by atoms with van der Waals surface area (Å²) < 4.78 is 0. The Hall–Kier alpha value is -0.550. The Labute approximate surface area is 86.9 Å². The Balaban J connectivity index is 2.59. The molecule has 1 fully saturated rings. The van der Waals surface area contributed by atoms with Gasteiger partial charge in [-0.25, -0.2) is 0 Å². The number of hydrogen-bond donors (Lipinski definition) is 1.